The normalized spacial score (nSPS) is 10.7. The molecule has 0 aromatic carbocycles. The molecule has 0 radical (unpaired) electrons. The summed E-state index contributed by atoms with van der Waals surface area (Å²) in [4.78, 5) is 3.02. The van der Waals surface area contributed by atoms with Crippen molar-refractivity contribution in [2.75, 3.05) is 33.5 Å². The molecule has 4 nitrogen and oxygen atoms in total. The van der Waals surface area contributed by atoms with Gasteiger partial charge in [0.2, 0.25) is 0 Å². The molecule has 0 N–H and O–H groups in total. The van der Waals surface area contributed by atoms with Crippen molar-refractivity contribution in [3.8, 4) is 5.88 Å². The van der Waals surface area contributed by atoms with Crippen molar-refractivity contribution in [1.82, 2.24) is 4.98 Å². The largest absolute Gasteiger partial charge is 0.475 e. The van der Waals surface area contributed by atoms with E-state index in [1.54, 1.807) is 7.11 Å². The molecule has 0 aliphatic carbocycles. The Balaban J connectivity index is 2.25. The third-order valence-electron chi connectivity index (χ3n) is 1.96. The van der Waals surface area contributed by atoms with E-state index in [0.717, 1.165) is 0 Å². The highest BCUT2D eigenvalue weighted by Gasteiger charge is 2.12. The maximum absolute atomic E-state index is 13.1. The molecule has 0 saturated heterocycles. The van der Waals surface area contributed by atoms with Crippen LogP contribution in [0.15, 0.2) is 6.07 Å². The Hall–Kier alpha value is -1.34. The lowest BCUT2D eigenvalue weighted by Gasteiger charge is -2.07. The molecule has 0 amide bonds. The van der Waals surface area contributed by atoms with Gasteiger partial charge in [-0.05, 0) is 0 Å². The van der Waals surface area contributed by atoms with E-state index < -0.39 is 23.5 Å². The van der Waals surface area contributed by atoms with Crippen LogP contribution in [0.3, 0.4) is 0 Å². The molecule has 7 heteroatoms. The average molecular weight is 265 g/mol. The van der Waals surface area contributed by atoms with Gasteiger partial charge < -0.3 is 14.2 Å². The monoisotopic (exact) mass is 265 g/mol. The Kier molecular flexibility index (Phi) is 6.45. The fourth-order valence-corrected chi connectivity index (χ4v) is 1.10. The molecular weight excluding hydrogens is 251 g/mol. The van der Waals surface area contributed by atoms with E-state index in [-0.39, 0.29) is 6.61 Å². The van der Waals surface area contributed by atoms with E-state index in [1.165, 1.54) is 0 Å². The maximum Gasteiger partial charge on any atom is 0.253 e. The molecule has 0 aliphatic rings. The Morgan fingerprint density at radius 3 is 2.56 bits per heavy atom. The minimum atomic E-state index is -1.39. The molecule has 0 saturated carbocycles. The van der Waals surface area contributed by atoms with Gasteiger partial charge in [0, 0.05) is 26.2 Å². The predicted molar refractivity (Wildman–Crippen MR) is 56.9 cm³/mol. The third-order valence-corrected chi connectivity index (χ3v) is 1.96. The van der Waals surface area contributed by atoms with Gasteiger partial charge in [-0.3, -0.25) is 0 Å². The number of aromatic nitrogens is 1. The van der Waals surface area contributed by atoms with Crippen molar-refractivity contribution in [3.63, 3.8) is 0 Å². The number of ether oxygens (including phenoxy) is 3. The summed E-state index contributed by atoms with van der Waals surface area (Å²) in [6, 6.07) is 0.396. The van der Waals surface area contributed by atoms with Crippen molar-refractivity contribution in [3.05, 3.63) is 23.6 Å². The zero-order valence-electron chi connectivity index (χ0n) is 9.92. The molecule has 1 heterocycles. The number of rotatable bonds is 8. The Bertz CT molecular complexity index is 377. The summed E-state index contributed by atoms with van der Waals surface area (Å²) in [6.45, 7) is 1.44. The van der Waals surface area contributed by atoms with E-state index in [4.69, 9.17) is 14.2 Å². The van der Waals surface area contributed by atoms with Gasteiger partial charge in [0.05, 0.1) is 19.8 Å². The smallest absolute Gasteiger partial charge is 0.253 e. The van der Waals surface area contributed by atoms with Crippen LogP contribution in [-0.4, -0.2) is 38.5 Å². The summed E-state index contributed by atoms with van der Waals surface area (Å²) in [5.74, 6) is -4.31. The highest BCUT2D eigenvalue weighted by Crippen LogP contribution is 2.16. The van der Waals surface area contributed by atoms with Gasteiger partial charge in [0.1, 0.15) is 0 Å². The summed E-state index contributed by atoms with van der Waals surface area (Å²) >= 11 is 0. The van der Waals surface area contributed by atoms with Gasteiger partial charge in [-0.25, -0.2) is 8.78 Å². The van der Waals surface area contributed by atoms with Crippen LogP contribution in [0.2, 0.25) is 0 Å². The molecule has 0 aliphatic heterocycles. The standard InChI is InChI=1S/C11H14F3NO3/c1-16-5-6-17-3-2-4-18-11-9(13)7-8(12)10(14)15-11/h7H,2-6H2,1H3. The molecule has 0 bridgehead atoms. The van der Waals surface area contributed by atoms with Gasteiger partial charge in [-0.1, -0.05) is 0 Å². The molecule has 0 unspecified atom stereocenters. The van der Waals surface area contributed by atoms with E-state index >= 15 is 0 Å². The zero-order chi connectivity index (χ0) is 13.4. The molecule has 1 aromatic heterocycles. The fraction of sp³-hybridized carbons (Fsp3) is 0.545. The maximum atomic E-state index is 13.1. The van der Waals surface area contributed by atoms with Crippen LogP contribution >= 0.6 is 0 Å². The van der Waals surface area contributed by atoms with E-state index in [1.807, 2.05) is 0 Å². The third kappa shape index (κ3) is 4.89. The number of halogens is 3. The number of hydrogen-bond acceptors (Lipinski definition) is 4. The predicted octanol–water partition coefficient (Wildman–Crippen LogP) is 1.93. The summed E-state index contributed by atoms with van der Waals surface area (Å²) in [5.41, 5.74) is 0. The number of nitrogens with zero attached hydrogens (tertiary/aromatic N) is 1. The first kappa shape index (κ1) is 14.7. The van der Waals surface area contributed by atoms with Crippen LogP contribution in [0.1, 0.15) is 6.42 Å². The Morgan fingerprint density at radius 1 is 1.06 bits per heavy atom. The first-order valence-corrected chi connectivity index (χ1v) is 5.36. The quantitative estimate of drug-likeness (QED) is 0.532. The number of methoxy groups -OCH3 is 1. The van der Waals surface area contributed by atoms with Crippen LogP contribution in [0.4, 0.5) is 13.2 Å². The number of hydrogen-bond donors (Lipinski definition) is 0. The average Bonchev–Trinajstić information content (AvgIpc) is 2.34. The summed E-state index contributed by atoms with van der Waals surface area (Å²) in [6.07, 6.45) is 0.476. The van der Waals surface area contributed by atoms with Crippen molar-refractivity contribution in [1.29, 1.82) is 0 Å². The second-order valence-electron chi connectivity index (χ2n) is 3.36. The van der Waals surface area contributed by atoms with Crippen molar-refractivity contribution < 1.29 is 27.4 Å². The summed E-state index contributed by atoms with van der Waals surface area (Å²) < 4.78 is 53.1. The second-order valence-corrected chi connectivity index (χ2v) is 3.36. The lowest BCUT2D eigenvalue weighted by Crippen LogP contribution is -2.08. The lowest BCUT2D eigenvalue weighted by atomic mass is 10.4. The molecule has 1 aromatic rings. The lowest BCUT2D eigenvalue weighted by molar-refractivity contribution is 0.0639. The van der Waals surface area contributed by atoms with Crippen LogP contribution < -0.4 is 4.74 Å². The fourth-order valence-electron chi connectivity index (χ4n) is 1.10. The van der Waals surface area contributed by atoms with Crippen molar-refractivity contribution >= 4 is 0 Å². The Morgan fingerprint density at radius 2 is 1.83 bits per heavy atom. The SMILES string of the molecule is COCCOCCCOc1nc(F)c(F)cc1F. The molecule has 102 valence electrons. The molecule has 0 atom stereocenters. The Labute approximate surface area is 103 Å². The van der Waals surface area contributed by atoms with Crippen molar-refractivity contribution in [2.45, 2.75) is 6.42 Å². The molecule has 0 spiro atoms. The summed E-state index contributed by atoms with van der Waals surface area (Å²) in [5, 5.41) is 0. The zero-order valence-corrected chi connectivity index (χ0v) is 9.92. The first-order chi connectivity index (χ1) is 8.65. The van der Waals surface area contributed by atoms with Gasteiger partial charge >= 0.3 is 0 Å². The minimum Gasteiger partial charge on any atom is -0.475 e. The van der Waals surface area contributed by atoms with Gasteiger partial charge in [0.25, 0.3) is 11.8 Å². The topological polar surface area (TPSA) is 40.6 Å². The van der Waals surface area contributed by atoms with E-state index in [0.29, 0.717) is 32.3 Å². The van der Waals surface area contributed by atoms with Crippen LogP contribution in [0, 0.1) is 17.6 Å². The van der Waals surface area contributed by atoms with Crippen LogP contribution in [0.25, 0.3) is 0 Å². The molecule has 0 fully saturated rings. The minimum absolute atomic E-state index is 0.0992. The highest BCUT2D eigenvalue weighted by atomic mass is 19.2. The molecular formula is C11H14F3NO3. The summed E-state index contributed by atoms with van der Waals surface area (Å²) in [7, 11) is 1.56. The highest BCUT2D eigenvalue weighted by molar-refractivity contribution is 5.14. The van der Waals surface area contributed by atoms with Gasteiger partial charge in [-0.2, -0.15) is 9.37 Å². The van der Waals surface area contributed by atoms with Crippen LogP contribution in [0.5, 0.6) is 5.88 Å². The number of pyridine rings is 1. The van der Waals surface area contributed by atoms with Gasteiger partial charge in [0.15, 0.2) is 11.6 Å². The van der Waals surface area contributed by atoms with Crippen molar-refractivity contribution in [2.24, 2.45) is 0 Å². The second kappa shape index (κ2) is 7.88. The van der Waals surface area contributed by atoms with Gasteiger partial charge in [-0.15, -0.1) is 0 Å². The van der Waals surface area contributed by atoms with E-state index in [2.05, 4.69) is 4.98 Å². The van der Waals surface area contributed by atoms with Crippen LogP contribution in [-0.2, 0) is 9.47 Å². The molecule has 18 heavy (non-hydrogen) atoms. The molecule has 1 rings (SSSR count). The first-order valence-electron chi connectivity index (χ1n) is 5.36. The van der Waals surface area contributed by atoms with E-state index in [9.17, 15) is 13.2 Å².